The number of nitrogens with zero attached hydrogens (tertiary/aromatic N) is 3. The van der Waals surface area contributed by atoms with Crippen molar-refractivity contribution in [2.75, 3.05) is 0 Å². The molecule has 1 aromatic heterocycles. The quantitative estimate of drug-likeness (QED) is 0.464. The fourth-order valence-electron chi connectivity index (χ4n) is 1.93. The Labute approximate surface area is 168 Å². The number of hydrogen-bond donors (Lipinski definition) is 0. The van der Waals surface area contributed by atoms with Gasteiger partial charge in [-0.25, -0.2) is 4.21 Å². The first-order chi connectivity index (χ1) is 13.1. The van der Waals surface area contributed by atoms with Gasteiger partial charge in [0.2, 0.25) is 0 Å². The molecule has 5 nitrogen and oxygen atoms in total. The number of aromatic nitrogens is 2. The van der Waals surface area contributed by atoms with Crippen LogP contribution in [-0.4, -0.2) is 30.8 Å². The number of benzene rings is 1. The molecule has 0 aliphatic carbocycles. The second-order valence-corrected chi connectivity index (χ2v) is 8.95. The number of rotatable bonds is 4. The molecule has 160 valence electrons. The van der Waals surface area contributed by atoms with E-state index in [0.29, 0.717) is 6.20 Å². The number of alkyl halides is 6. The molecule has 0 aliphatic heterocycles. The topological polar surface area (TPSA) is 56.5 Å². The first-order valence-electron chi connectivity index (χ1n) is 7.76. The van der Waals surface area contributed by atoms with Gasteiger partial charge in [0, 0.05) is 17.3 Å². The van der Waals surface area contributed by atoms with E-state index in [9.17, 15) is 30.6 Å². The molecule has 0 saturated heterocycles. The average Bonchev–Trinajstić information content (AvgIpc) is 3.02. The molecule has 2 rings (SSSR count). The van der Waals surface area contributed by atoms with E-state index in [1.807, 2.05) is 0 Å². The Bertz CT molecular complexity index is 947. The Balaban J connectivity index is 2.57. The molecular weight excluding hydrogens is 448 g/mol. The van der Waals surface area contributed by atoms with E-state index in [4.69, 9.17) is 11.6 Å². The van der Waals surface area contributed by atoms with Gasteiger partial charge in [-0.2, -0.15) is 14.2 Å². The summed E-state index contributed by atoms with van der Waals surface area (Å²) in [5, 5.41) is 2.74. The summed E-state index contributed by atoms with van der Waals surface area (Å²) in [6.45, 7) is 4.78. The maximum atomic E-state index is 12.8. The van der Waals surface area contributed by atoms with Crippen molar-refractivity contribution in [2.24, 2.45) is 4.40 Å². The molecule has 0 N–H and O–H groups in total. The lowest BCUT2D eigenvalue weighted by Gasteiger charge is -2.16. The highest BCUT2D eigenvalue weighted by Crippen LogP contribution is 2.32. The van der Waals surface area contributed by atoms with Crippen LogP contribution in [0.3, 0.4) is 0 Å². The zero-order valence-corrected chi connectivity index (χ0v) is 16.7. The lowest BCUT2D eigenvalue weighted by molar-refractivity contribution is -0.274. The van der Waals surface area contributed by atoms with Gasteiger partial charge in [0.25, 0.3) is 0 Å². The second-order valence-electron chi connectivity index (χ2n) is 6.64. The molecule has 2 aromatic rings. The van der Waals surface area contributed by atoms with Gasteiger partial charge in [-0.05, 0) is 39.0 Å². The maximum absolute atomic E-state index is 12.8. The Kier molecular flexibility index (Phi) is 6.38. The van der Waals surface area contributed by atoms with Crippen molar-refractivity contribution < 1.29 is 35.3 Å². The molecule has 1 aromatic carbocycles. The van der Waals surface area contributed by atoms with E-state index in [0.717, 1.165) is 24.4 Å². The van der Waals surface area contributed by atoms with Crippen molar-refractivity contribution in [1.29, 1.82) is 0 Å². The maximum Gasteiger partial charge on any atom is 0.573 e. The van der Waals surface area contributed by atoms with Crippen molar-refractivity contribution in [3.63, 3.8) is 0 Å². The van der Waals surface area contributed by atoms with Crippen LogP contribution in [0, 0.1) is 0 Å². The van der Waals surface area contributed by atoms with Crippen LogP contribution in [-0.2, 0) is 17.3 Å². The van der Waals surface area contributed by atoms with Crippen LogP contribution in [0.25, 0.3) is 0 Å². The van der Waals surface area contributed by atoms with Crippen LogP contribution in [0.5, 0.6) is 5.75 Å². The predicted molar refractivity (Wildman–Crippen MR) is 95.2 cm³/mol. The minimum atomic E-state index is -4.98. The Hall–Kier alpha value is -2.08. The Morgan fingerprint density at radius 3 is 2.21 bits per heavy atom. The molecule has 0 radical (unpaired) electrons. The van der Waals surface area contributed by atoms with Gasteiger partial charge in [0.1, 0.15) is 16.7 Å². The summed E-state index contributed by atoms with van der Waals surface area (Å²) in [6, 6.07) is 3.01. The van der Waals surface area contributed by atoms with Gasteiger partial charge in [-0.1, -0.05) is 11.6 Å². The molecule has 1 atom stereocenters. The number of ether oxygens (including phenoxy) is 1. The molecular formula is C16H14ClF6N3O2S. The molecule has 13 heteroatoms. The zero-order chi connectivity index (χ0) is 22.2. The van der Waals surface area contributed by atoms with Crippen LogP contribution < -0.4 is 4.74 Å². The van der Waals surface area contributed by atoms with Crippen LogP contribution >= 0.6 is 11.6 Å². The fourth-order valence-corrected chi connectivity index (χ4v) is 2.80. The summed E-state index contributed by atoms with van der Waals surface area (Å²) in [6.07, 6.45) is -8.31. The summed E-state index contributed by atoms with van der Waals surface area (Å²) in [5.74, 6) is -0.704. The molecule has 0 spiro atoms. The van der Waals surface area contributed by atoms with Crippen molar-refractivity contribution >= 4 is 28.3 Å². The van der Waals surface area contributed by atoms with E-state index in [1.54, 1.807) is 20.8 Å². The first-order valence-corrected chi connectivity index (χ1v) is 9.25. The Morgan fingerprint density at radius 2 is 1.76 bits per heavy atom. The highest BCUT2D eigenvalue weighted by Gasteiger charge is 2.33. The van der Waals surface area contributed by atoms with Gasteiger partial charge in [-0.3, -0.25) is 0 Å². The normalized spacial score (nSPS) is 14.8. The highest BCUT2D eigenvalue weighted by molar-refractivity contribution is 7.85. The lowest BCUT2D eigenvalue weighted by Crippen LogP contribution is -2.21. The Morgan fingerprint density at radius 1 is 1.14 bits per heavy atom. The van der Waals surface area contributed by atoms with Gasteiger partial charge in [0.15, 0.2) is 0 Å². The lowest BCUT2D eigenvalue weighted by atomic mass is 10.1. The third kappa shape index (κ3) is 6.20. The molecule has 1 unspecified atom stereocenters. The largest absolute Gasteiger partial charge is 0.573 e. The molecule has 0 bridgehead atoms. The summed E-state index contributed by atoms with van der Waals surface area (Å²) in [5.41, 5.74) is -0.307. The summed E-state index contributed by atoms with van der Waals surface area (Å²) < 4.78 is 94.8. The van der Waals surface area contributed by atoms with Crippen LogP contribution in [0.4, 0.5) is 26.3 Å². The van der Waals surface area contributed by atoms with E-state index in [2.05, 4.69) is 14.2 Å². The van der Waals surface area contributed by atoms with Gasteiger partial charge < -0.3 is 4.74 Å². The van der Waals surface area contributed by atoms with Crippen LogP contribution in [0.1, 0.15) is 31.9 Å². The van der Waals surface area contributed by atoms with Crippen molar-refractivity contribution in [2.45, 2.75) is 38.2 Å². The third-order valence-corrected chi connectivity index (χ3v) is 4.94. The highest BCUT2D eigenvalue weighted by atomic mass is 35.5. The summed E-state index contributed by atoms with van der Waals surface area (Å²) in [4.78, 5) is 0. The smallest absolute Gasteiger partial charge is 0.404 e. The molecule has 29 heavy (non-hydrogen) atoms. The molecule has 0 fully saturated rings. The van der Waals surface area contributed by atoms with E-state index < -0.39 is 39.2 Å². The van der Waals surface area contributed by atoms with Crippen molar-refractivity contribution in [3.05, 3.63) is 46.7 Å². The molecule has 1 heterocycles. The van der Waals surface area contributed by atoms with Gasteiger partial charge in [-0.15, -0.1) is 26.3 Å². The summed E-state index contributed by atoms with van der Waals surface area (Å²) >= 11 is 5.81. The SMILES string of the molecule is CC(C)(C)S(=O)N=C(c1ccc(OC(F)(F)F)c(Cl)c1)c1cnn(C(F)(F)F)c1. The molecule has 0 aliphatic rings. The van der Waals surface area contributed by atoms with E-state index in [-0.39, 0.29) is 21.5 Å². The van der Waals surface area contributed by atoms with Crippen molar-refractivity contribution in [3.8, 4) is 5.75 Å². The van der Waals surface area contributed by atoms with Crippen LogP contribution in [0.15, 0.2) is 35.0 Å². The predicted octanol–water partition coefficient (Wildman–Crippen LogP) is 5.21. The van der Waals surface area contributed by atoms with E-state index >= 15 is 0 Å². The fraction of sp³-hybridized carbons (Fsp3) is 0.375. The monoisotopic (exact) mass is 461 g/mol. The van der Waals surface area contributed by atoms with Crippen molar-refractivity contribution in [1.82, 2.24) is 9.78 Å². The minimum Gasteiger partial charge on any atom is -0.404 e. The molecule has 0 saturated carbocycles. The summed E-state index contributed by atoms with van der Waals surface area (Å²) in [7, 11) is -1.89. The third-order valence-electron chi connectivity index (χ3n) is 3.24. The standard InChI is InChI=1S/C16H14ClF6N3O2S/c1-14(2,3)29(27)25-13(10-7-24-26(8-10)15(18,19)20)9-4-5-12(11(17)6-9)28-16(21,22)23/h4-8H,1-3H3. The van der Waals surface area contributed by atoms with Gasteiger partial charge >= 0.3 is 12.7 Å². The van der Waals surface area contributed by atoms with Gasteiger partial charge in [0.05, 0.1) is 21.7 Å². The second kappa shape index (κ2) is 7.98. The molecule has 0 amide bonds. The van der Waals surface area contributed by atoms with Crippen LogP contribution in [0.2, 0.25) is 5.02 Å². The average molecular weight is 462 g/mol. The van der Waals surface area contributed by atoms with E-state index in [1.165, 1.54) is 0 Å². The first kappa shape index (κ1) is 23.2. The number of hydrogen-bond acceptors (Lipinski definition) is 3. The zero-order valence-electron chi connectivity index (χ0n) is 15.1. The number of halogens is 7. The minimum absolute atomic E-state index is 0.0313.